The first-order valence-corrected chi connectivity index (χ1v) is 14.1. The molecule has 8 nitrogen and oxygen atoms in total. The van der Waals surface area contributed by atoms with Crippen LogP contribution in [-0.4, -0.2) is 66.6 Å². The van der Waals surface area contributed by atoms with Gasteiger partial charge < -0.3 is 24.7 Å². The summed E-state index contributed by atoms with van der Waals surface area (Å²) < 4.78 is 11.5. The van der Waals surface area contributed by atoms with Gasteiger partial charge in [-0.2, -0.15) is 0 Å². The number of para-hydroxylation sites is 1. The minimum atomic E-state index is -0.346. The molecule has 0 fully saturated rings. The van der Waals surface area contributed by atoms with Gasteiger partial charge >= 0.3 is 0 Å². The van der Waals surface area contributed by atoms with Gasteiger partial charge in [0.15, 0.2) is 0 Å². The number of rotatable bonds is 15. The first-order chi connectivity index (χ1) is 19.1. The summed E-state index contributed by atoms with van der Waals surface area (Å²) in [5, 5.41) is 14.8. The van der Waals surface area contributed by atoms with Crippen LogP contribution >= 0.6 is 11.8 Å². The molecule has 204 valence electrons. The molecule has 0 spiro atoms. The van der Waals surface area contributed by atoms with Gasteiger partial charge in [-0.25, -0.2) is 0 Å². The van der Waals surface area contributed by atoms with Crippen LogP contribution in [0.25, 0.3) is 11.5 Å². The van der Waals surface area contributed by atoms with Gasteiger partial charge in [0.2, 0.25) is 17.7 Å². The summed E-state index contributed by atoms with van der Waals surface area (Å²) in [5.74, 6) is 3.25. The molecule has 1 amide bonds. The van der Waals surface area contributed by atoms with Crippen LogP contribution in [-0.2, 0) is 17.0 Å². The SMILES string of the molecule is CN(C)CCNC(Cc1ccccc1)C(=O)Nc1ccc(-c2nnc(CSCCOc3ccccc3)o2)cc1. The fraction of sp³-hybridized carbons (Fsp3) is 0.300. The van der Waals surface area contributed by atoms with E-state index in [1.165, 1.54) is 0 Å². The maximum absolute atomic E-state index is 13.1. The maximum Gasteiger partial charge on any atom is 0.247 e. The number of aromatic nitrogens is 2. The van der Waals surface area contributed by atoms with Crippen molar-refractivity contribution in [3.63, 3.8) is 0 Å². The monoisotopic (exact) mass is 545 g/mol. The zero-order chi connectivity index (χ0) is 27.3. The molecule has 3 aromatic carbocycles. The molecule has 0 aliphatic carbocycles. The van der Waals surface area contributed by atoms with Gasteiger partial charge in [-0.15, -0.1) is 22.0 Å². The second kappa shape index (κ2) is 15.1. The number of amides is 1. The molecule has 1 atom stereocenters. The number of benzene rings is 3. The Morgan fingerprint density at radius 3 is 2.41 bits per heavy atom. The minimum absolute atomic E-state index is 0.0706. The number of anilines is 1. The highest BCUT2D eigenvalue weighted by Gasteiger charge is 2.19. The van der Waals surface area contributed by atoms with E-state index in [0.29, 0.717) is 42.8 Å². The molecule has 9 heteroatoms. The Labute approximate surface area is 234 Å². The Morgan fingerprint density at radius 2 is 1.69 bits per heavy atom. The van der Waals surface area contributed by atoms with Crippen LogP contribution in [0.1, 0.15) is 11.5 Å². The first-order valence-electron chi connectivity index (χ1n) is 13.0. The third-order valence-corrected chi connectivity index (χ3v) is 6.79. The lowest BCUT2D eigenvalue weighted by Crippen LogP contribution is -2.44. The van der Waals surface area contributed by atoms with Crippen molar-refractivity contribution in [3.05, 3.63) is 96.4 Å². The number of hydrogen-bond donors (Lipinski definition) is 2. The van der Waals surface area contributed by atoms with Gasteiger partial charge in [-0.1, -0.05) is 48.5 Å². The van der Waals surface area contributed by atoms with Crippen molar-refractivity contribution < 1.29 is 13.9 Å². The highest BCUT2D eigenvalue weighted by Crippen LogP contribution is 2.22. The Balaban J connectivity index is 1.27. The van der Waals surface area contributed by atoms with Crippen molar-refractivity contribution in [1.82, 2.24) is 20.4 Å². The Bertz CT molecular complexity index is 1270. The van der Waals surface area contributed by atoms with Gasteiger partial charge in [0.1, 0.15) is 5.75 Å². The van der Waals surface area contributed by atoms with E-state index in [0.717, 1.165) is 29.2 Å². The molecule has 1 heterocycles. The van der Waals surface area contributed by atoms with Crippen LogP contribution in [0.2, 0.25) is 0 Å². The zero-order valence-electron chi connectivity index (χ0n) is 22.4. The number of ether oxygens (including phenoxy) is 1. The number of hydrogen-bond acceptors (Lipinski definition) is 8. The summed E-state index contributed by atoms with van der Waals surface area (Å²) in [6.07, 6.45) is 0.610. The van der Waals surface area contributed by atoms with Crippen molar-refractivity contribution in [2.45, 2.75) is 18.2 Å². The average molecular weight is 546 g/mol. The minimum Gasteiger partial charge on any atom is -0.493 e. The van der Waals surface area contributed by atoms with E-state index in [9.17, 15) is 4.79 Å². The molecule has 4 rings (SSSR count). The lowest BCUT2D eigenvalue weighted by molar-refractivity contribution is -0.118. The molecular weight excluding hydrogens is 510 g/mol. The average Bonchev–Trinajstić information content (AvgIpc) is 3.42. The normalized spacial score (nSPS) is 11.9. The fourth-order valence-electron chi connectivity index (χ4n) is 3.82. The molecule has 4 aromatic rings. The van der Waals surface area contributed by atoms with Gasteiger partial charge in [-0.05, 0) is 62.5 Å². The molecule has 1 unspecified atom stereocenters. The third kappa shape index (κ3) is 9.55. The summed E-state index contributed by atoms with van der Waals surface area (Å²) in [6, 6.07) is 26.9. The smallest absolute Gasteiger partial charge is 0.247 e. The lowest BCUT2D eigenvalue weighted by atomic mass is 10.0. The van der Waals surface area contributed by atoms with Gasteiger partial charge in [0, 0.05) is 30.1 Å². The zero-order valence-corrected chi connectivity index (χ0v) is 23.2. The van der Waals surface area contributed by atoms with Crippen molar-refractivity contribution in [3.8, 4) is 17.2 Å². The summed E-state index contributed by atoms with van der Waals surface area (Å²) in [7, 11) is 4.03. The summed E-state index contributed by atoms with van der Waals surface area (Å²) in [6.45, 7) is 2.17. The van der Waals surface area contributed by atoms with Crippen LogP contribution < -0.4 is 15.4 Å². The predicted molar refractivity (Wildman–Crippen MR) is 157 cm³/mol. The molecule has 0 aliphatic rings. The quantitative estimate of drug-likeness (QED) is 0.207. The molecule has 1 aromatic heterocycles. The van der Waals surface area contributed by atoms with Crippen molar-refractivity contribution >= 4 is 23.4 Å². The standard InChI is InChI=1S/C30H35N5O3S/c1-35(2)18-17-31-27(21-23-9-5-3-6-10-23)29(36)32-25-15-13-24(14-16-25)30-34-33-28(38-30)22-39-20-19-37-26-11-7-4-8-12-26/h3-16,27,31H,17-22H2,1-2H3,(H,32,36). The van der Waals surface area contributed by atoms with E-state index in [1.54, 1.807) is 11.8 Å². The molecule has 0 saturated heterocycles. The molecule has 0 bridgehead atoms. The van der Waals surface area contributed by atoms with Crippen LogP contribution in [0.5, 0.6) is 5.75 Å². The van der Waals surface area contributed by atoms with E-state index < -0.39 is 0 Å². The number of carbonyl (C=O) groups is 1. The number of likely N-dealkylation sites (N-methyl/N-ethyl adjacent to an activating group) is 1. The summed E-state index contributed by atoms with van der Waals surface area (Å²) in [5.41, 5.74) is 2.62. The van der Waals surface area contributed by atoms with Crippen molar-refractivity contribution in [2.75, 3.05) is 44.9 Å². The Morgan fingerprint density at radius 1 is 0.974 bits per heavy atom. The highest BCUT2D eigenvalue weighted by atomic mass is 32.2. The van der Waals surface area contributed by atoms with Crippen LogP contribution in [0.4, 0.5) is 5.69 Å². The third-order valence-electron chi connectivity index (χ3n) is 5.88. The molecular formula is C30H35N5O3S. The van der Waals surface area contributed by atoms with Gasteiger partial charge in [0.25, 0.3) is 0 Å². The Kier molecular flexibility index (Phi) is 10.9. The van der Waals surface area contributed by atoms with Crippen molar-refractivity contribution in [1.29, 1.82) is 0 Å². The number of carbonyl (C=O) groups excluding carboxylic acids is 1. The topological polar surface area (TPSA) is 92.5 Å². The fourth-order valence-corrected chi connectivity index (χ4v) is 4.46. The van der Waals surface area contributed by atoms with Crippen LogP contribution in [0, 0.1) is 0 Å². The van der Waals surface area contributed by atoms with Crippen LogP contribution in [0.3, 0.4) is 0 Å². The second-order valence-corrected chi connectivity index (χ2v) is 10.4. The summed E-state index contributed by atoms with van der Waals surface area (Å²) in [4.78, 5) is 15.2. The van der Waals surface area contributed by atoms with E-state index >= 15 is 0 Å². The van der Waals surface area contributed by atoms with Crippen molar-refractivity contribution in [2.24, 2.45) is 0 Å². The molecule has 2 N–H and O–H groups in total. The molecule has 0 aliphatic heterocycles. The van der Waals surface area contributed by atoms with E-state index in [2.05, 4.69) is 25.7 Å². The van der Waals surface area contributed by atoms with Gasteiger partial charge in [0.05, 0.1) is 18.4 Å². The largest absolute Gasteiger partial charge is 0.493 e. The lowest BCUT2D eigenvalue weighted by Gasteiger charge is -2.20. The van der Waals surface area contributed by atoms with Crippen LogP contribution in [0.15, 0.2) is 89.3 Å². The van der Waals surface area contributed by atoms with E-state index in [-0.39, 0.29) is 11.9 Å². The maximum atomic E-state index is 13.1. The van der Waals surface area contributed by atoms with E-state index in [4.69, 9.17) is 9.15 Å². The number of thioether (sulfide) groups is 1. The first kappa shape index (κ1) is 28.4. The molecule has 0 radical (unpaired) electrons. The Hall–Kier alpha value is -3.66. The molecule has 0 saturated carbocycles. The highest BCUT2D eigenvalue weighted by molar-refractivity contribution is 7.98. The molecule has 39 heavy (non-hydrogen) atoms. The number of nitrogens with one attached hydrogen (secondary N) is 2. The van der Waals surface area contributed by atoms with Gasteiger partial charge in [-0.3, -0.25) is 4.79 Å². The van der Waals surface area contributed by atoms with E-state index in [1.807, 2.05) is 99.0 Å². The number of nitrogens with zero attached hydrogens (tertiary/aromatic N) is 3. The predicted octanol–water partition coefficient (Wildman–Crippen LogP) is 4.75. The summed E-state index contributed by atoms with van der Waals surface area (Å²) >= 11 is 1.68. The second-order valence-electron chi connectivity index (χ2n) is 9.28.